The lowest BCUT2D eigenvalue weighted by Crippen LogP contribution is -2.28. The van der Waals surface area contributed by atoms with E-state index in [2.05, 4.69) is 11.6 Å². The minimum Gasteiger partial charge on any atom is -0.317 e. The van der Waals surface area contributed by atoms with E-state index in [-0.39, 0.29) is 0 Å². The maximum Gasteiger partial charge on any atom is 0.0439 e. The van der Waals surface area contributed by atoms with Crippen LogP contribution in [0.3, 0.4) is 0 Å². The van der Waals surface area contributed by atoms with Gasteiger partial charge in [0.1, 0.15) is 0 Å². The summed E-state index contributed by atoms with van der Waals surface area (Å²) in [5.74, 6) is 1.16. The molecule has 1 atom stereocenters. The Morgan fingerprint density at radius 2 is 2.12 bits per heavy atom. The zero-order valence-electron chi connectivity index (χ0n) is 9.59. The van der Waals surface area contributed by atoms with Crippen molar-refractivity contribution in [1.29, 1.82) is 0 Å². The molecule has 0 heterocycles. The molecule has 1 N–H and O–H groups in total. The number of halogens is 2. The van der Waals surface area contributed by atoms with Gasteiger partial charge in [0, 0.05) is 16.1 Å². The normalized spacial score (nSPS) is 12.8. The van der Waals surface area contributed by atoms with Crippen molar-refractivity contribution in [3.63, 3.8) is 0 Å². The second-order valence-electron chi connectivity index (χ2n) is 3.71. The van der Waals surface area contributed by atoms with Gasteiger partial charge in [0.05, 0.1) is 0 Å². The van der Waals surface area contributed by atoms with Crippen molar-refractivity contribution < 1.29 is 0 Å². The van der Waals surface area contributed by atoms with Crippen LogP contribution in [-0.2, 0) is 6.42 Å². The zero-order chi connectivity index (χ0) is 12.0. The highest BCUT2D eigenvalue weighted by Crippen LogP contribution is 2.22. The predicted molar refractivity (Wildman–Crippen MR) is 76.0 cm³/mol. The van der Waals surface area contributed by atoms with E-state index in [4.69, 9.17) is 23.2 Å². The molecule has 0 fully saturated rings. The lowest BCUT2D eigenvalue weighted by atomic mass is 10.0. The van der Waals surface area contributed by atoms with E-state index in [0.717, 1.165) is 34.2 Å². The van der Waals surface area contributed by atoms with Crippen LogP contribution in [0.2, 0.25) is 10.0 Å². The van der Waals surface area contributed by atoms with Gasteiger partial charge in [-0.3, -0.25) is 0 Å². The van der Waals surface area contributed by atoms with Gasteiger partial charge in [-0.1, -0.05) is 23.2 Å². The summed E-state index contributed by atoms with van der Waals surface area (Å²) < 4.78 is 0. The van der Waals surface area contributed by atoms with Crippen molar-refractivity contribution in [2.24, 2.45) is 0 Å². The van der Waals surface area contributed by atoms with Gasteiger partial charge in [-0.2, -0.15) is 11.8 Å². The summed E-state index contributed by atoms with van der Waals surface area (Å²) >= 11 is 14.0. The molecule has 0 saturated carbocycles. The van der Waals surface area contributed by atoms with Crippen LogP contribution in [-0.4, -0.2) is 25.1 Å². The Bertz CT molecular complexity index is 331. The van der Waals surface area contributed by atoms with Crippen molar-refractivity contribution in [3.05, 3.63) is 33.8 Å². The lowest BCUT2D eigenvalue weighted by Gasteiger charge is -2.16. The summed E-state index contributed by atoms with van der Waals surface area (Å²) in [5.41, 5.74) is 1.12. The molecule has 0 aliphatic carbocycles. The Labute approximate surface area is 112 Å². The first-order chi connectivity index (χ1) is 7.67. The molecular weight excluding hydrogens is 261 g/mol. The first-order valence-corrected chi connectivity index (χ1v) is 7.42. The first kappa shape index (κ1) is 14.2. The van der Waals surface area contributed by atoms with Gasteiger partial charge >= 0.3 is 0 Å². The number of thioether (sulfide) groups is 1. The summed E-state index contributed by atoms with van der Waals surface area (Å²) in [6, 6.07) is 6.10. The van der Waals surface area contributed by atoms with E-state index in [0.29, 0.717) is 6.04 Å². The number of benzene rings is 1. The summed E-state index contributed by atoms with van der Waals surface area (Å²) in [6.07, 6.45) is 4.19. The summed E-state index contributed by atoms with van der Waals surface area (Å²) in [6.45, 7) is 0. The van der Waals surface area contributed by atoms with E-state index < -0.39 is 0 Å². The molecule has 1 aromatic carbocycles. The number of nitrogens with one attached hydrogen (secondary N) is 1. The molecular formula is C12H17Cl2NS. The van der Waals surface area contributed by atoms with Gasteiger partial charge in [-0.15, -0.1) is 0 Å². The van der Waals surface area contributed by atoms with Gasteiger partial charge < -0.3 is 5.32 Å². The Kier molecular flexibility index (Phi) is 6.59. The second kappa shape index (κ2) is 7.44. The molecule has 1 unspecified atom stereocenters. The topological polar surface area (TPSA) is 12.0 Å². The standard InChI is InChI=1S/C12H17Cl2NS/c1-15-11(5-6-16-2)8-9-7-10(13)3-4-12(9)14/h3-4,7,11,15H,5-6,8H2,1-2H3. The minimum absolute atomic E-state index is 0.461. The Balaban J connectivity index is 2.65. The first-order valence-electron chi connectivity index (χ1n) is 5.27. The number of hydrogen-bond acceptors (Lipinski definition) is 2. The van der Waals surface area contributed by atoms with Crippen LogP contribution in [0.15, 0.2) is 18.2 Å². The Morgan fingerprint density at radius 1 is 1.38 bits per heavy atom. The predicted octanol–water partition coefficient (Wildman–Crippen LogP) is 3.88. The van der Waals surface area contributed by atoms with E-state index in [1.54, 1.807) is 0 Å². The van der Waals surface area contributed by atoms with Crippen LogP contribution in [0, 0.1) is 0 Å². The van der Waals surface area contributed by atoms with E-state index in [1.165, 1.54) is 0 Å². The molecule has 1 rings (SSSR count). The van der Waals surface area contributed by atoms with Crippen LogP contribution in [0.25, 0.3) is 0 Å². The van der Waals surface area contributed by atoms with Gasteiger partial charge in [0.25, 0.3) is 0 Å². The van der Waals surface area contributed by atoms with Crippen molar-refractivity contribution in [3.8, 4) is 0 Å². The zero-order valence-corrected chi connectivity index (χ0v) is 11.9. The molecule has 0 radical (unpaired) electrons. The third kappa shape index (κ3) is 4.54. The third-order valence-corrected chi connectivity index (χ3v) is 3.80. The summed E-state index contributed by atoms with van der Waals surface area (Å²) in [7, 11) is 1.99. The van der Waals surface area contributed by atoms with Gasteiger partial charge in [0.2, 0.25) is 0 Å². The maximum atomic E-state index is 6.14. The monoisotopic (exact) mass is 277 g/mol. The molecule has 0 amide bonds. The van der Waals surface area contributed by atoms with Gasteiger partial charge in [-0.05, 0) is 55.7 Å². The van der Waals surface area contributed by atoms with E-state index in [1.807, 2.05) is 37.0 Å². The molecule has 4 heteroatoms. The molecule has 0 aliphatic rings. The lowest BCUT2D eigenvalue weighted by molar-refractivity contribution is 0.547. The highest BCUT2D eigenvalue weighted by molar-refractivity contribution is 7.98. The van der Waals surface area contributed by atoms with Crippen LogP contribution in [0.5, 0.6) is 0 Å². The van der Waals surface area contributed by atoms with Crippen molar-refractivity contribution in [2.45, 2.75) is 18.9 Å². The number of likely N-dealkylation sites (N-methyl/N-ethyl adjacent to an activating group) is 1. The third-order valence-electron chi connectivity index (χ3n) is 2.55. The molecule has 0 aromatic heterocycles. The molecule has 1 nitrogen and oxygen atoms in total. The highest BCUT2D eigenvalue weighted by atomic mass is 35.5. The molecule has 0 aliphatic heterocycles. The van der Waals surface area contributed by atoms with Crippen LogP contribution < -0.4 is 5.32 Å². The quantitative estimate of drug-likeness (QED) is 0.847. The SMILES string of the molecule is CNC(CCSC)Cc1cc(Cl)ccc1Cl. The van der Waals surface area contributed by atoms with Crippen molar-refractivity contribution in [1.82, 2.24) is 5.32 Å². The number of rotatable bonds is 6. The van der Waals surface area contributed by atoms with E-state index >= 15 is 0 Å². The fourth-order valence-corrected chi connectivity index (χ4v) is 2.48. The maximum absolute atomic E-state index is 6.14. The molecule has 1 aromatic rings. The van der Waals surface area contributed by atoms with Crippen molar-refractivity contribution in [2.75, 3.05) is 19.1 Å². The number of hydrogen-bond donors (Lipinski definition) is 1. The summed E-state index contributed by atoms with van der Waals surface area (Å²) in [4.78, 5) is 0. The molecule has 90 valence electrons. The Hall–Kier alpha value is 0.110. The van der Waals surface area contributed by atoms with Gasteiger partial charge in [-0.25, -0.2) is 0 Å². The second-order valence-corrected chi connectivity index (χ2v) is 5.54. The molecule has 0 saturated heterocycles. The van der Waals surface area contributed by atoms with Crippen LogP contribution in [0.4, 0.5) is 0 Å². The minimum atomic E-state index is 0.461. The smallest absolute Gasteiger partial charge is 0.0439 e. The van der Waals surface area contributed by atoms with Crippen LogP contribution >= 0.6 is 35.0 Å². The average Bonchev–Trinajstić information content (AvgIpc) is 2.28. The van der Waals surface area contributed by atoms with Gasteiger partial charge in [0.15, 0.2) is 0 Å². The Morgan fingerprint density at radius 3 is 2.75 bits per heavy atom. The van der Waals surface area contributed by atoms with Crippen LogP contribution in [0.1, 0.15) is 12.0 Å². The molecule has 16 heavy (non-hydrogen) atoms. The summed E-state index contributed by atoms with van der Waals surface area (Å²) in [5, 5.41) is 4.87. The fraction of sp³-hybridized carbons (Fsp3) is 0.500. The molecule has 0 spiro atoms. The highest BCUT2D eigenvalue weighted by Gasteiger charge is 2.09. The molecule has 0 bridgehead atoms. The largest absolute Gasteiger partial charge is 0.317 e. The van der Waals surface area contributed by atoms with E-state index in [9.17, 15) is 0 Å². The fourth-order valence-electron chi connectivity index (χ4n) is 1.57. The van der Waals surface area contributed by atoms with Crippen molar-refractivity contribution >= 4 is 35.0 Å². The average molecular weight is 278 g/mol.